The Labute approximate surface area is 195 Å². The molecule has 1 saturated carbocycles. The maximum Gasteiger partial charge on any atom is 0.416 e. The Morgan fingerprint density at radius 1 is 1.00 bits per heavy atom. The van der Waals surface area contributed by atoms with E-state index in [9.17, 15) is 13.2 Å². The van der Waals surface area contributed by atoms with Gasteiger partial charge in [0.25, 0.3) is 0 Å². The Bertz CT molecular complexity index is 1100. The van der Waals surface area contributed by atoms with E-state index in [4.69, 9.17) is 10.5 Å². The Morgan fingerprint density at radius 3 is 2.48 bits per heavy atom. The van der Waals surface area contributed by atoms with E-state index in [1.54, 1.807) is 6.20 Å². The Kier molecular flexibility index (Phi) is 6.63. The standard InChI is InChI=1S/C23H24F3N5O.ClH/c24-23(25,26)16-6-9-19-15(11-16)12-17(27)13-20-29-30-22(31(19)20)14-4-7-18(8-5-14)32-21-3-1-2-10-28-21;/h1-3,6,9-11,14,17-18H,4-5,7-8,12-13,27H2;1H/t14-,17?,18-;. The van der Waals surface area contributed by atoms with Crippen LogP contribution in [0.1, 0.15) is 54.4 Å². The van der Waals surface area contributed by atoms with Crippen molar-refractivity contribution in [2.75, 3.05) is 0 Å². The predicted octanol–water partition coefficient (Wildman–Crippen LogP) is 4.63. The zero-order valence-corrected chi connectivity index (χ0v) is 18.6. The Morgan fingerprint density at radius 2 is 1.79 bits per heavy atom. The van der Waals surface area contributed by atoms with Crippen molar-refractivity contribution in [1.29, 1.82) is 0 Å². The molecule has 176 valence electrons. The molecule has 3 aromatic rings. The van der Waals surface area contributed by atoms with Crippen LogP contribution >= 0.6 is 12.4 Å². The Balaban J connectivity index is 0.00000259. The molecule has 3 heterocycles. The van der Waals surface area contributed by atoms with Crippen molar-refractivity contribution in [2.24, 2.45) is 5.73 Å². The second kappa shape index (κ2) is 9.30. The lowest BCUT2D eigenvalue weighted by atomic mass is 9.86. The molecule has 1 unspecified atom stereocenters. The van der Waals surface area contributed by atoms with Gasteiger partial charge < -0.3 is 10.5 Å². The van der Waals surface area contributed by atoms with Crippen LogP contribution in [-0.2, 0) is 19.0 Å². The summed E-state index contributed by atoms with van der Waals surface area (Å²) in [6.45, 7) is 0. The lowest BCUT2D eigenvalue weighted by molar-refractivity contribution is -0.137. The van der Waals surface area contributed by atoms with Crippen molar-refractivity contribution in [3.05, 3.63) is 65.4 Å². The van der Waals surface area contributed by atoms with E-state index in [1.165, 1.54) is 12.1 Å². The Hall–Kier alpha value is -2.65. The maximum atomic E-state index is 13.3. The topological polar surface area (TPSA) is 78.9 Å². The zero-order valence-electron chi connectivity index (χ0n) is 17.8. The first-order valence-electron chi connectivity index (χ1n) is 10.9. The largest absolute Gasteiger partial charge is 0.474 e. The molecular weight excluding hydrogens is 455 g/mol. The van der Waals surface area contributed by atoms with E-state index in [1.807, 2.05) is 22.8 Å². The van der Waals surface area contributed by atoms with Crippen LogP contribution in [0.5, 0.6) is 5.88 Å². The highest BCUT2D eigenvalue weighted by Crippen LogP contribution is 2.38. The van der Waals surface area contributed by atoms with Crippen LogP contribution < -0.4 is 10.5 Å². The van der Waals surface area contributed by atoms with Gasteiger partial charge in [-0.15, -0.1) is 22.6 Å². The van der Waals surface area contributed by atoms with Gasteiger partial charge >= 0.3 is 6.18 Å². The quantitative estimate of drug-likeness (QED) is 0.592. The number of fused-ring (bicyclic) bond motifs is 3. The summed E-state index contributed by atoms with van der Waals surface area (Å²) in [6, 6.07) is 9.15. The maximum absolute atomic E-state index is 13.3. The van der Waals surface area contributed by atoms with E-state index >= 15 is 0 Å². The van der Waals surface area contributed by atoms with Crippen LogP contribution in [-0.4, -0.2) is 31.9 Å². The number of pyridine rings is 1. The molecule has 0 radical (unpaired) electrons. The van der Waals surface area contributed by atoms with Crippen molar-refractivity contribution in [3.8, 4) is 11.6 Å². The molecule has 5 rings (SSSR count). The third-order valence-corrected chi connectivity index (χ3v) is 6.29. The molecule has 2 aromatic heterocycles. The van der Waals surface area contributed by atoms with E-state index in [0.717, 1.165) is 37.6 Å². The molecule has 0 spiro atoms. The van der Waals surface area contributed by atoms with Crippen LogP contribution in [0.3, 0.4) is 0 Å². The van der Waals surface area contributed by atoms with Gasteiger partial charge in [-0.1, -0.05) is 6.07 Å². The number of hydrogen-bond donors (Lipinski definition) is 1. The molecule has 0 amide bonds. The van der Waals surface area contributed by atoms with E-state index in [0.29, 0.717) is 35.8 Å². The molecule has 6 nitrogen and oxygen atoms in total. The first-order chi connectivity index (χ1) is 15.4. The van der Waals surface area contributed by atoms with Gasteiger partial charge in [-0.2, -0.15) is 13.2 Å². The molecule has 33 heavy (non-hydrogen) atoms. The molecular formula is C23H25ClF3N5O. The van der Waals surface area contributed by atoms with E-state index in [2.05, 4.69) is 15.2 Å². The minimum atomic E-state index is -4.39. The highest BCUT2D eigenvalue weighted by atomic mass is 35.5. The normalized spacial score (nSPS) is 22.5. The number of rotatable bonds is 3. The fourth-order valence-corrected chi connectivity index (χ4v) is 4.75. The van der Waals surface area contributed by atoms with E-state index in [-0.39, 0.29) is 30.5 Å². The minimum Gasteiger partial charge on any atom is -0.474 e. The number of nitrogens with zero attached hydrogens (tertiary/aromatic N) is 4. The summed E-state index contributed by atoms with van der Waals surface area (Å²) in [6.07, 6.45) is 1.66. The van der Waals surface area contributed by atoms with Gasteiger partial charge in [0.05, 0.1) is 11.3 Å². The van der Waals surface area contributed by atoms with Gasteiger partial charge in [0.15, 0.2) is 0 Å². The molecule has 1 atom stereocenters. The summed E-state index contributed by atoms with van der Waals surface area (Å²) in [4.78, 5) is 4.23. The predicted molar refractivity (Wildman–Crippen MR) is 119 cm³/mol. The number of benzene rings is 1. The lowest BCUT2D eigenvalue weighted by Crippen LogP contribution is -2.25. The number of nitrogens with two attached hydrogens (primary N) is 1. The zero-order chi connectivity index (χ0) is 22.3. The van der Waals surface area contributed by atoms with Gasteiger partial charge in [-0.05, 0) is 61.9 Å². The fraction of sp³-hybridized carbons (Fsp3) is 0.435. The number of hydrogen-bond acceptors (Lipinski definition) is 5. The average molecular weight is 480 g/mol. The molecule has 0 bridgehead atoms. The molecule has 1 aromatic carbocycles. The summed E-state index contributed by atoms with van der Waals surface area (Å²) < 4.78 is 47.8. The molecule has 1 aliphatic carbocycles. The van der Waals surface area contributed by atoms with Crippen molar-refractivity contribution in [2.45, 2.75) is 62.8 Å². The number of aromatic nitrogens is 4. The van der Waals surface area contributed by atoms with Gasteiger partial charge in [-0.25, -0.2) is 4.98 Å². The van der Waals surface area contributed by atoms with Gasteiger partial charge in [0, 0.05) is 30.6 Å². The monoisotopic (exact) mass is 479 g/mol. The lowest BCUT2D eigenvalue weighted by Gasteiger charge is -2.28. The first-order valence-corrected chi connectivity index (χ1v) is 10.9. The smallest absolute Gasteiger partial charge is 0.416 e. The van der Waals surface area contributed by atoms with Crippen molar-refractivity contribution in [3.63, 3.8) is 0 Å². The molecule has 1 aliphatic heterocycles. The second-order valence-electron chi connectivity index (χ2n) is 8.58. The van der Waals surface area contributed by atoms with Crippen molar-refractivity contribution in [1.82, 2.24) is 19.7 Å². The second-order valence-corrected chi connectivity index (χ2v) is 8.58. The van der Waals surface area contributed by atoms with Crippen LogP contribution in [0.25, 0.3) is 5.69 Å². The fourth-order valence-electron chi connectivity index (χ4n) is 4.75. The highest BCUT2D eigenvalue weighted by Gasteiger charge is 2.34. The van der Waals surface area contributed by atoms with Crippen LogP contribution in [0.15, 0.2) is 42.6 Å². The molecule has 2 aliphatic rings. The number of halogens is 4. The van der Waals surface area contributed by atoms with Crippen molar-refractivity contribution < 1.29 is 17.9 Å². The summed E-state index contributed by atoms with van der Waals surface area (Å²) in [5.74, 6) is 2.28. The van der Waals surface area contributed by atoms with Crippen LogP contribution in [0.4, 0.5) is 13.2 Å². The summed E-state index contributed by atoms with van der Waals surface area (Å²) in [5.41, 5.74) is 6.84. The third-order valence-electron chi connectivity index (χ3n) is 6.29. The van der Waals surface area contributed by atoms with Crippen molar-refractivity contribution >= 4 is 12.4 Å². The van der Waals surface area contributed by atoms with Crippen LogP contribution in [0.2, 0.25) is 0 Å². The van der Waals surface area contributed by atoms with Gasteiger partial charge in [0.1, 0.15) is 17.8 Å². The SMILES string of the molecule is Cl.NC1Cc2cc(C(F)(F)F)ccc2-n2c(nnc2[C@H]2CC[C@H](Oc3ccccn3)CC2)C1. The van der Waals surface area contributed by atoms with Gasteiger partial charge in [0.2, 0.25) is 5.88 Å². The molecule has 10 heteroatoms. The highest BCUT2D eigenvalue weighted by molar-refractivity contribution is 5.85. The van der Waals surface area contributed by atoms with Crippen LogP contribution in [0, 0.1) is 0 Å². The molecule has 1 fully saturated rings. The van der Waals surface area contributed by atoms with E-state index < -0.39 is 11.7 Å². The minimum absolute atomic E-state index is 0. The number of alkyl halides is 3. The average Bonchev–Trinajstić information content (AvgIpc) is 3.11. The summed E-state index contributed by atoms with van der Waals surface area (Å²) in [7, 11) is 0. The summed E-state index contributed by atoms with van der Waals surface area (Å²) in [5, 5.41) is 8.83. The first kappa shape index (κ1) is 23.5. The number of ether oxygens (including phenoxy) is 1. The third kappa shape index (κ3) is 4.84. The van der Waals surface area contributed by atoms with Gasteiger partial charge in [-0.3, -0.25) is 4.57 Å². The summed E-state index contributed by atoms with van der Waals surface area (Å²) >= 11 is 0. The molecule has 2 N–H and O–H groups in total. The molecule has 0 saturated heterocycles.